The Morgan fingerprint density at radius 2 is 2.10 bits per heavy atom. The number of benzene rings is 2. The molecule has 1 spiro atoms. The van der Waals surface area contributed by atoms with Crippen LogP contribution in [0.5, 0.6) is 5.75 Å². The SMILES string of the molecule is COc1ccc2c(c1)[C@]1(SCCN1C(=O)C1CCC1)C(=O)N2Cc1cccc(F)c1. The Balaban J connectivity index is 1.59. The Kier molecular flexibility index (Phi) is 4.73. The lowest BCUT2D eigenvalue weighted by atomic mass is 9.84. The van der Waals surface area contributed by atoms with Crippen LogP contribution in [0.3, 0.4) is 0 Å². The van der Waals surface area contributed by atoms with Gasteiger partial charge in [-0.1, -0.05) is 18.6 Å². The van der Waals surface area contributed by atoms with Crippen molar-refractivity contribution in [2.45, 2.75) is 30.7 Å². The minimum atomic E-state index is -1.07. The van der Waals surface area contributed by atoms with Crippen molar-refractivity contribution in [1.29, 1.82) is 0 Å². The second-order valence-electron chi connectivity index (χ2n) is 8.01. The fourth-order valence-electron chi connectivity index (χ4n) is 4.59. The van der Waals surface area contributed by atoms with Gasteiger partial charge in [0.05, 0.1) is 19.3 Å². The molecule has 2 aromatic rings. The van der Waals surface area contributed by atoms with Crippen LogP contribution in [0.2, 0.25) is 0 Å². The number of nitrogens with zero attached hydrogens (tertiary/aromatic N) is 2. The summed E-state index contributed by atoms with van der Waals surface area (Å²) in [7, 11) is 1.59. The van der Waals surface area contributed by atoms with E-state index in [-0.39, 0.29) is 30.1 Å². The summed E-state index contributed by atoms with van der Waals surface area (Å²) < 4.78 is 19.2. The zero-order chi connectivity index (χ0) is 20.9. The number of halogens is 1. The van der Waals surface area contributed by atoms with E-state index in [0.29, 0.717) is 23.6 Å². The molecule has 5 rings (SSSR count). The normalized spacial score (nSPS) is 23.1. The molecule has 156 valence electrons. The number of rotatable bonds is 4. The molecule has 0 N–H and O–H groups in total. The second kappa shape index (κ2) is 7.30. The molecule has 2 amide bonds. The largest absolute Gasteiger partial charge is 0.497 e. The van der Waals surface area contributed by atoms with Gasteiger partial charge in [-0.15, -0.1) is 11.8 Å². The third-order valence-electron chi connectivity index (χ3n) is 6.35. The number of carbonyl (C=O) groups is 2. The predicted molar refractivity (Wildman–Crippen MR) is 114 cm³/mol. The van der Waals surface area contributed by atoms with Crippen molar-refractivity contribution in [1.82, 2.24) is 4.90 Å². The third-order valence-corrected chi connectivity index (χ3v) is 7.77. The van der Waals surface area contributed by atoms with Gasteiger partial charge in [0.1, 0.15) is 11.6 Å². The molecule has 2 aliphatic heterocycles. The highest BCUT2D eigenvalue weighted by Crippen LogP contribution is 2.56. The maximum absolute atomic E-state index is 13.9. The lowest BCUT2D eigenvalue weighted by Gasteiger charge is -2.37. The standard InChI is InChI=1S/C23H23FN2O3S/c1-29-18-8-9-20-19(13-18)23(26(10-11-30-23)21(27)16-5-3-6-16)22(28)25(20)14-15-4-2-7-17(24)12-15/h2,4,7-9,12-13,16H,3,5-6,10-11,14H2,1H3/t23-/m0/s1. The van der Waals surface area contributed by atoms with Crippen LogP contribution in [0.4, 0.5) is 10.1 Å². The Bertz CT molecular complexity index is 1030. The molecule has 1 atom stereocenters. The fourth-order valence-corrected chi connectivity index (χ4v) is 6.05. The summed E-state index contributed by atoms with van der Waals surface area (Å²) >= 11 is 1.51. The van der Waals surface area contributed by atoms with Gasteiger partial charge in [0, 0.05) is 23.8 Å². The number of methoxy groups -OCH3 is 1. The van der Waals surface area contributed by atoms with Crippen molar-refractivity contribution in [3.63, 3.8) is 0 Å². The smallest absolute Gasteiger partial charge is 0.268 e. The average Bonchev–Trinajstić information content (AvgIpc) is 3.24. The van der Waals surface area contributed by atoms with E-state index >= 15 is 0 Å². The van der Waals surface area contributed by atoms with Crippen LogP contribution in [-0.4, -0.2) is 36.1 Å². The number of thioether (sulfide) groups is 1. The van der Waals surface area contributed by atoms with Gasteiger partial charge in [-0.05, 0) is 48.7 Å². The highest BCUT2D eigenvalue weighted by atomic mass is 32.2. The molecule has 0 bridgehead atoms. The average molecular weight is 427 g/mol. The van der Waals surface area contributed by atoms with Gasteiger partial charge in [0.15, 0.2) is 4.87 Å². The number of ether oxygens (including phenoxy) is 1. The van der Waals surface area contributed by atoms with Gasteiger partial charge in [-0.25, -0.2) is 4.39 Å². The van der Waals surface area contributed by atoms with Crippen LogP contribution >= 0.6 is 11.8 Å². The first kappa shape index (κ1) is 19.4. The number of hydrogen-bond donors (Lipinski definition) is 0. The van der Waals surface area contributed by atoms with E-state index in [1.165, 1.54) is 23.9 Å². The molecule has 0 aromatic heterocycles. The van der Waals surface area contributed by atoms with Gasteiger partial charge in [-0.2, -0.15) is 0 Å². The van der Waals surface area contributed by atoms with Crippen LogP contribution in [0, 0.1) is 11.7 Å². The van der Waals surface area contributed by atoms with Crippen molar-refractivity contribution in [3.8, 4) is 5.75 Å². The Morgan fingerprint density at radius 3 is 2.80 bits per heavy atom. The van der Waals surface area contributed by atoms with Crippen molar-refractivity contribution in [2.75, 3.05) is 24.3 Å². The van der Waals surface area contributed by atoms with Gasteiger partial charge < -0.3 is 14.5 Å². The first-order valence-electron chi connectivity index (χ1n) is 10.2. The molecule has 30 heavy (non-hydrogen) atoms. The van der Waals surface area contributed by atoms with Crippen LogP contribution < -0.4 is 9.64 Å². The van der Waals surface area contributed by atoms with E-state index in [1.807, 2.05) is 24.3 Å². The van der Waals surface area contributed by atoms with Gasteiger partial charge in [0.25, 0.3) is 5.91 Å². The van der Waals surface area contributed by atoms with Gasteiger partial charge >= 0.3 is 0 Å². The minimum absolute atomic E-state index is 0.0136. The van der Waals surface area contributed by atoms with Crippen molar-refractivity contribution >= 4 is 29.3 Å². The van der Waals surface area contributed by atoms with Crippen molar-refractivity contribution in [2.24, 2.45) is 5.92 Å². The Hall–Kier alpha value is -2.54. The van der Waals surface area contributed by atoms with Crippen LogP contribution in [0.1, 0.15) is 30.4 Å². The zero-order valence-corrected chi connectivity index (χ0v) is 17.6. The molecule has 1 saturated carbocycles. The topological polar surface area (TPSA) is 49.9 Å². The summed E-state index contributed by atoms with van der Waals surface area (Å²) in [5, 5.41) is 0. The summed E-state index contributed by atoms with van der Waals surface area (Å²) in [6.07, 6.45) is 2.85. The van der Waals surface area contributed by atoms with Crippen LogP contribution in [0.25, 0.3) is 0 Å². The first-order chi connectivity index (χ1) is 14.5. The highest BCUT2D eigenvalue weighted by Gasteiger charge is 2.60. The lowest BCUT2D eigenvalue weighted by Crippen LogP contribution is -2.52. The van der Waals surface area contributed by atoms with E-state index in [2.05, 4.69) is 0 Å². The van der Waals surface area contributed by atoms with E-state index in [4.69, 9.17) is 4.74 Å². The second-order valence-corrected chi connectivity index (χ2v) is 9.30. The summed E-state index contributed by atoms with van der Waals surface area (Å²) in [5.41, 5.74) is 2.26. The molecule has 1 aliphatic carbocycles. The van der Waals surface area contributed by atoms with Gasteiger partial charge in [0.2, 0.25) is 5.91 Å². The van der Waals surface area contributed by atoms with E-state index in [0.717, 1.165) is 30.5 Å². The maximum Gasteiger partial charge on any atom is 0.268 e. The van der Waals surface area contributed by atoms with Crippen molar-refractivity contribution < 1.29 is 18.7 Å². The summed E-state index contributed by atoms with van der Waals surface area (Å²) in [6, 6.07) is 11.9. The quantitative estimate of drug-likeness (QED) is 0.744. The number of anilines is 1. The molecular weight excluding hydrogens is 403 g/mol. The third kappa shape index (κ3) is 2.82. The van der Waals surface area contributed by atoms with E-state index < -0.39 is 4.87 Å². The zero-order valence-electron chi connectivity index (χ0n) is 16.8. The summed E-state index contributed by atoms with van der Waals surface area (Å²) in [4.78, 5) is 29.6. The molecular formula is C23H23FN2O3S. The summed E-state index contributed by atoms with van der Waals surface area (Å²) in [5.74, 6) is 0.970. The molecule has 1 saturated heterocycles. The lowest BCUT2D eigenvalue weighted by molar-refractivity contribution is -0.145. The molecule has 2 fully saturated rings. The Morgan fingerprint density at radius 1 is 1.27 bits per heavy atom. The summed E-state index contributed by atoms with van der Waals surface area (Å²) in [6.45, 7) is 0.805. The number of hydrogen-bond acceptors (Lipinski definition) is 4. The highest BCUT2D eigenvalue weighted by molar-refractivity contribution is 8.01. The first-order valence-corrected chi connectivity index (χ1v) is 11.2. The Labute approximate surface area is 179 Å². The molecule has 2 aromatic carbocycles. The number of fused-ring (bicyclic) bond motifs is 2. The maximum atomic E-state index is 13.9. The minimum Gasteiger partial charge on any atom is -0.497 e. The molecule has 2 heterocycles. The molecule has 5 nitrogen and oxygen atoms in total. The number of amides is 2. The molecule has 0 unspecified atom stereocenters. The van der Waals surface area contributed by atoms with E-state index in [1.54, 1.807) is 23.0 Å². The van der Waals surface area contributed by atoms with E-state index in [9.17, 15) is 14.0 Å². The molecule has 0 radical (unpaired) electrons. The number of carbonyl (C=O) groups excluding carboxylic acids is 2. The van der Waals surface area contributed by atoms with Crippen molar-refractivity contribution in [3.05, 3.63) is 59.4 Å². The molecule has 7 heteroatoms. The van der Waals surface area contributed by atoms with Crippen LogP contribution in [0.15, 0.2) is 42.5 Å². The van der Waals surface area contributed by atoms with Gasteiger partial charge in [-0.3, -0.25) is 9.59 Å². The fraction of sp³-hybridized carbons (Fsp3) is 0.391. The predicted octanol–water partition coefficient (Wildman–Crippen LogP) is 3.91. The monoisotopic (exact) mass is 426 g/mol. The van der Waals surface area contributed by atoms with Crippen LogP contribution in [-0.2, 0) is 21.0 Å². The molecule has 3 aliphatic rings.